The van der Waals surface area contributed by atoms with E-state index in [-0.39, 0.29) is 18.0 Å². The van der Waals surface area contributed by atoms with Crippen molar-refractivity contribution in [3.63, 3.8) is 0 Å². The van der Waals surface area contributed by atoms with Crippen LogP contribution >= 0.6 is 0 Å². The summed E-state index contributed by atoms with van der Waals surface area (Å²) in [6.07, 6.45) is 0.314. The zero-order valence-electron chi connectivity index (χ0n) is 14.8. The van der Waals surface area contributed by atoms with Crippen LogP contribution < -0.4 is 15.5 Å². The number of nitrogens with one attached hydrogen (secondary N) is 2. The second kappa shape index (κ2) is 6.97. The van der Waals surface area contributed by atoms with E-state index in [1.54, 1.807) is 4.90 Å². The lowest BCUT2D eigenvalue weighted by molar-refractivity contribution is -0.117. The molecule has 0 saturated carbocycles. The Bertz CT molecular complexity index is 779. The summed E-state index contributed by atoms with van der Waals surface area (Å²) < 4.78 is 0. The fourth-order valence-electron chi connectivity index (χ4n) is 3.18. The lowest BCUT2D eigenvalue weighted by Crippen LogP contribution is -2.39. The molecule has 3 amide bonds. The monoisotopic (exact) mass is 337 g/mol. The van der Waals surface area contributed by atoms with Crippen molar-refractivity contribution in [1.29, 1.82) is 0 Å². The third-order valence-electron chi connectivity index (χ3n) is 4.29. The number of benzene rings is 2. The van der Waals surface area contributed by atoms with E-state index in [0.29, 0.717) is 13.0 Å². The Morgan fingerprint density at radius 2 is 1.64 bits per heavy atom. The standard InChI is InChI=1S/C20H23N3O2/c1-13-4-6-18(7-5-13)23-12-17(11-19(23)24)22-20(25)21-16-9-14(2)8-15(3)10-16/h4-10,17H,11-12H2,1-3H3,(H2,21,22,25). The first-order valence-electron chi connectivity index (χ1n) is 8.43. The van der Waals surface area contributed by atoms with Crippen molar-refractivity contribution >= 4 is 23.3 Å². The second-order valence-corrected chi connectivity index (χ2v) is 6.72. The van der Waals surface area contributed by atoms with Gasteiger partial charge in [0.2, 0.25) is 5.91 Å². The van der Waals surface area contributed by atoms with E-state index in [2.05, 4.69) is 16.7 Å². The highest BCUT2D eigenvalue weighted by molar-refractivity contribution is 5.97. The Labute approximate surface area is 148 Å². The van der Waals surface area contributed by atoms with Gasteiger partial charge in [0.15, 0.2) is 0 Å². The van der Waals surface area contributed by atoms with Gasteiger partial charge in [-0.1, -0.05) is 23.8 Å². The second-order valence-electron chi connectivity index (χ2n) is 6.72. The maximum Gasteiger partial charge on any atom is 0.319 e. The number of carbonyl (C=O) groups excluding carboxylic acids is 2. The molecule has 1 aliphatic heterocycles. The van der Waals surface area contributed by atoms with Crippen molar-refractivity contribution in [1.82, 2.24) is 5.32 Å². The highest BCUT2D eigenvalue weighted by atomic mass is 16.2. The lowest BCUT2D eigenvalue weighted by Gasteiger charge is -2.17. The summed E-state index contributed by atoms with van der Waals surface area (Å²) in [6.45, 7) is 6.48. The number of anilines is 2. The molecular weight excluding hydrogens is 314 g/mol. The molecule has 1 fully saturated rings. The number of amides is 3. The van der Waals surface area contributed by atoms with Crippen LogP contribution in [0.5, 0.6) is 0 Å². The van der Waals surface area contributed by atoms with Crippen molar-refractivity contribution in [3.05, 3.63) is 59.2 Å². The van der Waals surface area contributed by atoms with Gasteiger partial charge in [-0.3, -0.25) is 4.79 Å². The fourth-order valence-corrected chi connectivity index (χ4v) is 3.18. The van der Waals surface area contributed by atoms with Crippen LogP contribution in [-0.4, -0.2) is 24.5 Å². The highest BCUT2D eigenvalue weighted by Crippen LogP contribution is 2.22. The summed E-state index contributed by atoms with van der Waals surface area (Å²) in [4.78, 5) is 26.2. The summed E-state index contributed by atoms with van der Waals surface area (Å²) >= 11 is 0. The molecule has 0 spiro atoms. The zero-order valence-corrected chi connectivity index (χ0v) is 14.8. The SMILES string of the molecule is Cc1ccc(N2CC(NC(=O)Nc3cc(C)cc(C)c3)CC2=O)cc1. The molecule has 2 aromatic rings. The predicted molar refractivity (Wildman–Crippen MR) is 100 cm³/mol. The quantitative estimate of drug-likeness (QED) is 0.900. The normalized spacial score (nSPS) is 16.8. The molecule has 0 bridgehead atoms. The van der Waals surface area contributed by atoms with Crippen LogP contribution in [0, 0.1) is 20.8 Å². The Morgan fingerprint density at radius 1 is 1.00 bits per heavy atom. The number of carbonyl (C=O) groups is 2. The van der Waals surface area contributed by atoms with Crippen molar-refractivity contribution in [3.8, 4) is 0 Å². The van der Waals surface area contributed by atoms with Crippen LogP contribution in [0.1, 0.15) is 23.1 Å². The first-order chi connectivity index (χ1) is 11.9. The number of urea groups is 1. The molecule has 2 aromatic carbocycles. The molecule has 1 aliphatic rings. The Morgan fingerprint density at radius 3 is 2.28 bits per heavy atom. The van der Waals surface area contributed by atoms with Crippen molar-refractivity contribution in [2.24, 2.45) is 0 Å². The van der Waals surface area contributed by atoms with Gasteiger partial charge in [-0.2, -0.15) is 0 Å². The minimum absolute atomic E-state index is 0.0283. The minimum Gasteiger partial charge on any atom is -0.333 e. The van der Waals surface area contributed by atoms with Gasteiger partial charge in [0.1, 0.15) is 0 Å². The van der Waals surface area contributed by atoms with Gasteiger partial charge in [-0.15, -0.1) is 0 Å². The fraction of sp³-hybridized carbons (Fsp3) is 0.300. The minimum atomic E-state index is -0.284. The molecule has 3 rings (SSSR count). The van der Waals surface area contributed by atoms with Gasteiger partial charge in [-0.05, 0) is 56.2 Å². The van der Waals surface area contributed by atoms with Crippen LogP contribution in [0.3, 0.4) is 0 Å². The predicted octanol–water partition coefficient (Wildman–Crippen LogP) is 3.54. The molecule has 0 radical (unpaired) electrons. The largest absolute Gasteiger partial charge is 0.333 e. The number of hydrogen-bond acceptors (Lipinski definition) is 2. The van der Waals surface area contributed by atoms with Gasteiger partial charge in [-0.25, -0.2) is 4.79 Å². The van der Waals surface area contributed by atoms with Crippen LogP contribution in [0.2, 0.25) is 0 Å². The smallest absolute Gasteiger partial charge is 0.319 e. The van der Waals surface area contributed by atoms with Crippen molar-refractivity contribution in [2.75, 3.05) is 16.8 Å². The zero-order chi connectivity index (χ0) is 18.0. The Balaban J connectivity index is 1.61. The van der Waals surface area contributed by atoms with Crippen molar-refractivity contribution in [2.45, 2.75) is 33.2 Å². The van der Waals surface area contributed by atoms with E-state index in [9.17, 15) is 9.59 Å². The van der Waals surface area contributed by atoms with Crippen LogP contribution in [0.4, 0.5) is 16.2 Å². The lowest BCUT2D eigenvalue weighted by atomic mass is 10.1. The molecule has 25 heavy (non-hydrogen) atoms. The van der Waals surface area contributed by atoms with E-state index in [1.165, 1.54) is 0 Å². The molecule has 1 atom stereocenters. The molecule has 2 N–H and O–H groups in total. The molecule has 5 heteroatoms. The Hall–Kier alpha value is -2.82. The molecule has 1 saturated heterocycles. The average Bonchev–Trinajstić information content (AvgIpc) is 2.87. The van der Waals surface area contributed by atoms with Gasteiger partial charge < -0.3 is 15.5 Å². The third kappa shape index (κ3) is 4.18. The third-order valence-corrected chi connectivity index (χ3v) is 4.29. The molecule has 1 heterocycles. The maximum atomic E-state index is 12.3. The van der Waals surface area contributed by atoms with Gasteiger partial charge in [0, 0.05) is 24.3 Å². The summed E-state index contributed by atoms with van der Waals surface area (Å²) in [7, 11) is 0. The molecule has 130 valence electrons. The van der Waals surface area contributed by atoms with Gasteiger partial charge >= 0.3 is 6.03 Å². The van der Waals surface area contributed by atoms with Crippen LogP contribution in [-0.2, 0) is 4.79 Å². The first-order valence-corrected chi connectivity index (χ1v) is 8.43. The van der Waals surface area contributed by atoms with E-state index >= 15 is 0 Å². The van der Waals surface area contributed by atoms with E-state index in [0.717, 1.165) is 28.1 Å². The van der Waals surface area contributed by atoms with Gasteiger partial charge in [0.25, 0.3) is 0 Å². The topological polar surface area (TPSA) is 61.4 Å². The molecule has 0 aromatic heterocycles. The highest BCUT2D eigenvalue weighted by Gasteiger charge is 2.31. The number of hydrogen-bond donors (Lipinski definition) is 2. The van der Waals surface area contributed by atoms with Crippen LogP contribution in [0.15, 0.2) is 42.5 Å². The molecular formula is C20H23N3O2. The summed E-state index contributed by atoms with van der Waals surface area (Å²) in [6, 6.07) is 13.3. The molecule has 1 unspecified atom stereocenters. The van der Waals surface area contributed by atoms with Gasteiger partial charge in [0.05, 0.1) is 6.04 Å². The number of aryl methyl sites for hydroxylation is 3. The first kappa shape index (κ1) is 17.0. The summed E-state index contributed by atoms with van der Waals surface area (Å²) in [5, 5.41) is 5.74. The van der Waals surface area contributed by atoms with E-state index < -0.39 is 0 Å². The summed E-state index contributed by atoms with van der Waals surface area (Å²) in [5.74, 6) is 0.0283. The molecule has 5 nitrogen and oxygen atoms in total. The summed E-state index contributed by atoms with van der Waals surface area (Å²) in [5.41, 5.74) is 4.97. The van der Waals surface area contributed by atoms with E-state index in [1.807, 2.05) is 57.2 Å². The van der Waals surface area contributed by atoms with Crippen LogP contribution in [0.25, 0.3) is 0 Å². The van der Waals surface area contributed by atoms with Crippen molar-refractivity contribution < 1.29 is 9.59 Å². The number of rotatable bonds is 3. The average molecular weight is 337 g/mol. The maximum absolute atomic E-state index is 12.3. The molecule has 0 aliphatic carbocycles. The Kier molecular flexibility index (Phi) is 4.74. The van der Waals surface area contributed by atoms with E-state index in [4.69, 9.17) is 0 Å². The number of nitrogens with zero attached hydrogens (tertiary/aromatic N) is 1.